The number of anilines is 1. The van der Waals surface area contributed by atoms with Crippen LogP contribution in [0.25, 0.3) is 0 Å². The van der Waals surface area contributed by atoms with Crippen LogP contribution in [0.1, 0.15) is 19.3 Å². The lowest BCUT2D eigenvalue weighted by molar-refractivity contribution is 0.413. The first-order chi connectivity index (χ1) is 8.40. The first-order valence-corrected chi connectivity index (χ1v) is 6.49. The normalized spacial score (nSPS) is 17.4. The Balaban J connectivity index is 1.74. The smallest absolute Gasteiger partial charge is 0.128 e. The number of nitrogens with two attached hydrogens (primary N) is 1. The van der Waals surface area contributed by atoms with Gasteiger partial charge < -0.3 is 16.0 Å². The number of hydrogen-bond acceptors (Lipinski definition) is 4. The van der Waals surface area contributed by atoms with Gasteiger partial charge in [-0.25, -0.2) is 4.98 Å². The largest absolute Gasteiger partial charge is 0.357 e. The third-order valence-electron chi connectivity index (χ3n) is 3.28. The molecule has 1 aliphatic heterocycles. The van der Waals surface area contributed by atoms with E-state index in [4.69, 9.17) is 5.73 Å². The third-order valence-corrected chi connectivity index (χ3v) is 3.28. The molecule has 0 amide bonds. The van der Waals surface area contributed by atoms with Crippen molar-refractivity contribution < 1.29 is 0 Å². The molecule has 1 aromatic rings. The van der Waals surface area contributed by atoms with E-state index in [1.807, 2.05) is 18.3 Å². The Hall–Kier alpha value is -1.13. The fourth-order valence-corrected chi connectivity index (χ4v) is 2.26. The summed E-state index contributed by atoms with van der Waals surface area (Å²) in [5.74, 6) is 1.10. The Morgan fingerprint density at radius 3 is 2.82 bits per heavy atom. The summed E-state index contributed by atoms with van der Waals surface area (Å²) in [5.41, 5.74) is 5.49. The van der Waals surface area contributed by atoms with E-state index in [0.717, 1.165) is 38.4 Å². The summed E-state index contributed by atoms with van der Waals surface area (Å²) in [4.78, 5) is 6.75. The first-order valence-electron chi connectivity index (χ1n) is 6.49. The van der Waals surface area contributed by atoms with Crippen molar-refractivity contribution in [3.63, 3.8) is 0 Å². The van der Waals surface area contributed by atoms with E-state index in [0.29, 0.717) is 6.04 Å². The number of piperidine rings is 1. The summed E-state index contributed by atoms with van der Waals surface area (Å²) in [6.45, 7) is 4.01. The Bertz CT molecular complexity index is 306. The summed E-state index contributed by atoms with van der Waals surface area (Å²) >= 11 is 0. The van der Waals surface area contributed by atoms with Gasteiger partial charge in [0.2, 0.25) is 0 Å². The van der Waals surface area contributed by atoms with Crippen LogP contribution >= 0.6 is 0 Å². The summed E-state index contributed by atoms with van der Waals surface area (Å²) in [7, 11) is 0. The molecule has 0 aliphatic carbocycles. The quantitative estimate of drug-likeness (QED) is 0.746. The minimum absolute atomic E-state index is 0.654. The molecule has 17 heavy (non-hydrogen) atoms. The van der Waals surface area contributed by atoms with Crippen molar-refractivity contribution in [3.05, 3.63) is 24.4 Å². The highest BCUT2D eigenvalue weighted by molar-refractivity contribution is 5.38. The maximum Gasteiger partial charge on any atom is 0.128 e. The van der Waals surface area contributed by atoms with Crippen molar-refractivity contribution in [2.75, 3.05) is 31.1 Å². The molecule has 0 spiro atoms. The summed E-state index contributed by atoms with van der Waals surface area (Å²) in [6, 6.07) is 6.75. The van der Waals surface area contributed by atoms with E-state index in [9.17, 15) is 0 Å². The van der Waals surface area contributed by atoms with Crippen molar-refractivity contribution in [2.24, 2.45) is 5.73 Å². The molecule has 0 saturated carbocycles. The number of rotatable bonds is 5. The molecule has 1 aliphatic rings. The molecule has 4 nitrogen and oxygen atoms in total. The van der Waals surface area contributed by atoms with Crippen LogP contribution in [0.5, 0.6) is 0 Å². The first kappa shape index (κ1) is 12.3. The van der Waals surface area contributed by atoms with Gasteiger partial charge in [-0.15, -0.1) is 0 Å². The van der Waals surface area contributed by atoms with Gasteiger partial charge >= 0.3 is 0 Å². The molecule has 1 fully saturated rings. The van der Waals surface area contributed by atoms with Crippen molar-refractivity contribution in [3.8, 4) is 0 Å². The highest BCUT2D eigenvalue weighted by Crippen LogP contribution is 2.16. The average Bonchev–Trinajstić information content (AvgIpc) is 2.41. The zero-order valence-electron chi connectivity index (χ0n) is 10.3. The molecule has 0 radical (unpaired) electrons. The van der Waals surface area contributed by atoms with Gasteiger partial charge in [0.15, 0.2) is 0 Å². The fraction of sp³-hybridized carbons (Fsp3) is 0.615. The fourth-order valence-electron chi connectivity index (χ4n) is 2.26. The summed E-state index contributed by atoms with van der Waals surface area (Å²) < 4.78 is 0. The van der Waals surface area contributed by atoms with E-state index in [1.165, 1.54) is 12.8 Å². The Morgan fingerprint density at radius 2 is 2.18 bits per heavy atom. The SMILES string of the molecule is NCCCNC1CCN(c2ccccn2)CC1. The Morgan fingerprint density at radius 1 is 1.35 bits per heavy atom. The van der Waals surface area contributed by atoms with Gasteiger partial charge in [-0.3, -0.25) is 0 Å². The van der Waals surface area contributed by atoms with Crippen LogP contribution in [0.4, 0.5) is 5.82 Å². The molecule has 4 heteroatoms. The van der Waals surface area contributed by atoms with Crippen LogP contribution in [-0.4, -0.2) is 37.2 Å². The lowest BCUT2D eigenvalue weighted by atomic mass is 10.0. The van der Waals surface area contributed by atoms with E-state index < -0.39 is 0 Å². The molecule has 1 aromatic heterocycles. The molecule has 0 bridgehead atoms. The third kappa shape index (κ3) is 3.68. The van der Waals surface area contributed by atoms with E-state index in [2.05, 4.69) is 21.3 Å². The van der Waals surface area contributed by atoms with Gasteiger partial charge in [0, 0.05) is 25.3 Å². The van der Waals surface area contributed by atoms with Crippen molar-refractivity contribution >= 4 is 5.82 Å². The highest BCUT2D eigenvalue weighted by atomic mass is 15.2. The second-order valence-corrected chi connectivity index (χ2v) is 4.55. The number of pyridine rings is 1. The van der Waals surface area contributed by atoms with Gasteiger partial charge in [-0.1, -0.05) is 6.07 Å². The second-order valence-electron chi connectivity index (χ2n) is 4.55. The molecule has 0 atom stereocenters. The molecule has 1 saturated heterocycles. The van der Waals surface area contributed by atoms with Crippen LogP contribution in [0.15, 0.2) is 24.4 Å². The molecule has 94 valence electrons. The maximum absolute atomic E-state index is 5.49. The lowest BCUT2D eigenvalue weighted by Crippen LogP contribution is -2.43. The number of hydrogen-bond donors (Lipinski definition) is 2. The maximum atomic E-state index is 5.49. The number of nitrogens with zero attached hydrogens (tertiary/aromatic N) is 2. The van der Waals surface area contributed by atoms with Crippen LogP contribution in [0.2, 0.25) is 0 Å². The molecule has 3 N–H and O–H groups in total. The van der Waals surface area contributed by atoms with Gasteiger partial charge in [-0.2, -0.15) is 0 Å². The zero-order chi connectivity index (χ0) is 11.9. The molecule has 2 rings (SSSR count). The second kappa shape index (κ2) is 6.57. The number of nitrogens with one attached hydrogen (secondary N) is 1. The monoisotopic (exact) mass is 234 g/mol. The van der Waals surface area contributed by atoms with Gasteiger partial charge in [-0.05, 0) is 44.5 Å². The van der Waals surface area contributed by atoms with Crippen LogP contribution < -0.4 is 16.0 Å². The lowest BCUT2D eigenvalue weighted by Gasteiger charge is -2.33. The van der Waals surface area contributed by atoms with Gasteiger partial charge in [0.1, 0.15) is 5.82 Å². The number of aromatic nitrogens is 1. The molecule has 0 aromatic carbocycles. The molecule has 0 unspecified atom stereocenters. The molecular formula is C13H22N4. The van der Waals surface area contributed by atoms with Crippen LogP contribution in [0, 0.1) is 0 Å². The van der Waals surface area contributed by atoms with E-state index in [-0.39, 0.29) is 0 Å². The van der Waals surface area contributed by atoms with Gasteiger partial charge in [0.25, 0.3) is 0 Å². The van der Waals surface area contributed by atoms with Gasteiger partial charge in [0.05, 0.1) is 0 Å². The average molecular weight is 234 g/mol. The van der Waals surface area contributed by atoms with Crippen molar-refractivity contribution in [1.82, 2.24) is 10.3 Å². The zero-order valence-corrected chi connectivity index (χ0v) is 10.3. The standard InChI is InChI=1S/C13H22N4/c14-7-3-9-15-12-5-10-17(11-6-12)13-4-1-2-8-16-13/h1-2,4,8,12,15H,3,5-7,9-11,14H2. The van der Waals surface area contributed by atoms with E-state index in [1.54, 1.807) is 0 Å². The molecule has 2 heterocycles. The van der Waals surface area contributed by atoms with Crippen molar-refractivity contribution in [2.45, 2.75) is 25.3 Å². The minimum atomic E-state index is 0.654. The van der Waals surface area contributed by atoms with E-state index >= 15 is 0 Å². The highest BCUT2D eigenvalue weighted by Gasteiger charge is 2.18. The topological polar surface area (TPSA) is 54.2 Å². The van der Waals surface area contributed by atoms with Crippen LogP contribution in [0.3, 0.4) is 0 Å². The Labute approximate surface area is 103 Å². The molecular weight excluding hydrogens is 212 g/mol. The van der Waals surface area contributed by atoms with Crippen LogP contribution in [-0.2, 0) is 0 Å². The predicted octanol–water partition coefficient (Wildman–Crippen LogP) is 0.989. The predicted molar refractivity (Wildman–Crippen MR) is 71.1 cm³/mol. The van der Waals surface area contributed by atoms with Crippen molar-refractivity contribution in [1.29, 1.82) is 0 Å². The Kier molecular flexibility index (Phi) is 4.76. The summed E-state index contributed by atoms with van der Waals surface area (Å²) in [5, 5.41) is 3.57. The minimum Gasteiger partial charge on any atom is -0.357 e. The summed E-state index contributed by atoms with van der Waals surface area (Å²) in [6.07, 6.45) is 5.32.